The van der Waals surface area contributed by atoms with Crippen LogP contribution >= 0.6 is 11.3 Å². The Bertz CT molecular complexity index is 1190. The molecule has 6 rings (SSSR count). The molecule has 0 saturated heterocycles. The van der Waals surface area contributed by atoms with Crippen LogP contribution in [0.2, 0.25) is 0 Å². The summed E-state index contributed by atoms with van der Waals surface area (Å²) in [6.07, 6.45) is 4.85. The normalized spacial score (nSPS) is 27.3. The average Bonchev–Trinajstić information content (AvgIpc) is 3.72. The van der Waals surface area contributed by atoms with Crippen molar-refractivity contribution in [3.8, 4) is 10.6 Å². The first-order valence-corrected chi connectivity index (χ1v) is 12.5. The summed E-state index contributed by atoms with van der Waals surface area (Å²) in [5.74, 6) is 1.26. The van der Waals surface area contributed by atoms with Gasteiger partial charge in [0, 0.05) is 30.7 Å². The maximum Gasteiger partial charge on any atom is 0.225 e. The molecule has 5 N–H and O–H groups in total. The minimum Gasteiger partial charge on any atom is -0.396 e. The fourth-order valence-corrected chi connectivity index (χ4v) is 5.74. The van der Waals surface area contributed by atoms with Gasteiger partial charge in [-0.2, -0.15) is 4.98 Å². The van der Waals surface area contributed by atoms with Crippen molar-refractivity contribution in [1.29, 1.82) is 0 Å². The van der Waals surface area contributed by atoms with Crippen LogP contribution in [0.25, 0.3) is 20.8 Å². The Balaban J connectivity index is 1.42. The van der Waals surface area contributed by atoms with Crippen LogP contribution in [0.15, 0.2) is 12.3 Å². The quantitative estimate of drug-likeness (QED) is 0.354. The smallest absolute Gasteiger partial charge is 0.225 e. The molecule has 174 valence electrons. The molecule has 3 aromatic rings. The lowest BCUT2D eigenvalue weighted by atomic mass is 10.1. The predicted molar refractivity (Wildman–Crippen MR) is 126 cm³/mol. The third kappa shape index (κ3) is 3.95. The summed E-state index contributed by atoms with van der Waals surface area (Å²) in [5.41, 5.74) is 3.60. The van der Waals surface area contributed by atoms with E-state index in [0.717, 1.165) is 57.9 Å². The molecule has 0 radical (unpaired) electrons. The number of anilines is 2. The first-order valence-electron chi connectivity index (χ1n) is 11.7. The summed E-state index contributed by atoms with van der Waals surface area (Å²) in [6.45, 7) is 1.78. The van der Waals surface area contributed by atoms with Crippen molar-refractivity contribution < 1.29 is 15.3 Å². The summed E-state index contributed by atoms with van der Waals surface area (Å²) in [5, 5.41) is 38.0. The summed E-state index contributed by atoms with van der Waals surface area (Å²) >= 11 is 1.59. The number of aryl methyl sites for hydroxylation is 1. The average molecular weight is 469 g/mol. The first kappa shape index (κ1) is 21.2. The summed E-state index contributed by atoms with van der Waals surface area (Å²) in [6, 6.07) is 1.96. The maximum atomic E-state index is 10.6. The lowest BCUT2D eigenvalue weighted by molar-refractivity contribution is 0.00446. The van der Waals surface area contributed by atoms with E-state index < -0.39 is 18.2 Å². The standard InChI is InChI=1S/C23H28N6O3S/c1-10-16(22-28-18-15(33-22)6-7-24-17(18)11-2-3-11)21(29-23(25-10)26-13-4-5-13)27-14-8-12(9-30)19(31)20(14)32/h6-7,11-14,19-20,30-32H,2-5,8-9H2,1H3,(H2,25,26,27,29)/t12-,14?,19-,20+/m1/s1. The number of hydrogen-bond acceptors (Lipinski definition) is 10. The van der Waals surface area contributed by atoms with Gasteiger partial charge >= 0.3 is 0 Å². The minimum absolute atomic E-state index is 0.171. The Kier molecular flexibility index (Phi) is 5.21. The van der Waals surface area contributed by atoms with Gasteiger partial charge in [-0.3, -0.25) is 4.98 Å². The number of nitrogens with zero attached hydrogens (tertiary/aromatic N) is 4. The van der Waals surface area contributed by atoms with Crippen LogP contribution < -0.4 is 10.6 Å². The van der Waals surface area contributed by atoms with Crippen LogP contribution in [0.3, 0.4) is 0 Å². The fourth-order valence-electron chi connectivity index (χ4n) is 4.67. The zero-order valence-electron chi connectivity index (χ0n) is 18.4. The van der Waals surface area contributed by atoms with Crippen LogP contribution in [0.5, 0.6) is 0 Å². The van der Waals surface area contributed by atoms with E-state index in [1.807, 2.05) is 19.2 Å². The van der Waals surface area contributed by atoms with Gasteiger partial charge < -0.3 is 26.0 Å². The van der Waals surface area contributed by atoms with Crippen LogP contribution in [-0.4, -0.2) is 66.2 Å². The van der Waals surface area contributed by atoms with Gasteiger partial charge in [-0.15, -0.1) is 11.3 Å². The Labute approximate surface area is 195 Å². The summed E-state index contributed by atoms with van der Waals surface area (Å²) in [7, 11) is 0. The Morgan fingerprint density at radius 1 is 1.06 bits per heavy atom. The Morgan fingerprint density at radius 2 is 1.88 bits per heavy atom. The number of aliphatic hydroxyl groups excluding tert-OH is 3. The van der Waals surface area contributed by atoms with Crippen molar-refractivity contribution in [2.45, 2.75) is 69.2 Å². The minimum atomic E-state index is -0.994. The Morgan fingerprint density at radius 3 is 2.58 bits per heavy atom. The monoisotopic (exact) mass is 468 g/mol. The molecule has 3 fully saturated rings. The van der Waals surface area contributed by atoms with E-state index in [4.69, 9.17) is 15.0 Å². The van der Waals surface area contributed by atoms with Gasteiger partial charge in [0.2, 0.25) is 5.95 Å². The number of aliphatic hydroxyl groups is 3. The third-order valence-corrected chi connectivity index (χ3v) is 7.91. The molecule has 9 nitrogen and oxygen atoms in total. The highest BCUT2D eigenvalue weighted by atomic mass is 32.1. The molecular formula is C23H28N6O3S. The van der Waals surface area contributed by atoms with Crippen LogP contribution in [0.4, 0.5) is 11.8 Å². The summed E-state index contributed by atoms with van der Waals surface area (Å²) < 4.78 is 1.09. The van der Waals surface area contributed by atoms with Gasteiger partial charge in [-0.1, -0.05) is 0 Å². The van der Waals surface area contributed by atoms with E-state index in [9.17, 15) is 15.3 Å². The van der Waals surface area contributed by atoms with Gasteiger partial charge in [-0.05, 0) is 45.1 Å². The largest absolute Gasteiger partial charge is 0.396 e. The third-order valence-electron chi connectivity index (χ3n) is 6.87. The number of rotatable bonds is 7. The second-order valence-electron chi connectivity index (χ2n) is 9.52. The number of hydrogen-bond donors (Lipinski definition) is 5. The molecule has 3 aliphatic rings. The lowest BCUT2D eigenvalue weighted by Crippen LogP contribution is -2.35. The predicted octanol–water partition coefficient (Wildman–Crippen LogP) is 2.42. The highest BCUT2D eigenvalue weighted by molar-refractivity contribution is 7.21. The van der Waals surface area contributed by atoms with E-state index in [2.05, 4.69) is 15.6 Å². The van der Waals surface area contributed by atoms with E-state index in [1.54, 1.807) is 11.3 Å². The molecule has 10 heteroatoms. The molecule has 0 amide bonds. The first-order chi connectivity index (χ1) is 16.0. The van der Waals surface area contributed by atoms with Gasteiger partial charge in [0.1, 0.15) is 22.4 Å². The van der Waals surface area contributed by atoms with E-state index >= 15 is 0 Å². The van der Waals surface area contributed by atoms with Crippen LogP contribution in [0.1, 0.15) is 49.4 Å². The zero-order chi connectivity index (χ0) is 22.7. The molecule has 3 saturated carbocycles. The number of pyridine rings is 1. The Hall–Kier alpha value is -2.40. The highest BCUT2D eigenvalue weighted by Crippen LogP contribution is 2.44. The maximum absolute atomic E-state index is 10.6. The molecule has 33 heavy (non-hydrogen) atoms. The highest BCUT2D eigenvalue weighted by Gasteiger charge is 2.41. The van der Waals surface area contributed by atoms with E-state index in [-0.39, 0.29) is 12.5 Å². The van der Waals surface area contributed by atoms with Gasteiger partial charge in [0.15, 0.2) is 0 Å². The van der Waals surface area contributed by atoms with Crippen molar-refractivity contribution in [2.24, 2.45) is 5.92 Å². The molecule has 0 aliphatic heterocycles. The molecule has 3 aromatic heterocycles. The van der Waals surface area contributed by atoms with Crippen molar-refractivity contribution in [3.05, 3.63) is 23.7 Å². The molecule has 3 aliphatic carbocycles. The molecular weight excluding hydrogens is 440 g/mol. The summed E-state index contributed by atoms with van der Waals surface area (Å²) in [4.78, 5) is 19.0. The van der Waals surface area contributed by atoms with Crippen LogP contribution in [-0.2, 0) is 0 Å². The molecule has 0 spiro atoms. The number of aromatic nitrogens is 4. The molecule has 4 atom stereocenters. The zero-order valence-corrected chi connectivity index (χ0v) is 19.2. The molecule has 1 unspecified atom stereocenters. The lowest BCUT2D eigenvalue weighted by Gasteiger charge is -2.21. The molecule has 0 bridgehead atoms. The topological polar surface area (TPSA) is 136 Å². The number of thiazole rings is 1. The second-order valence-corrected chi connectivity index (χ2v) is 10.6. The van der Waals surface area contributed by atoms with Crippen molar-refractivity contribution in [1.82, 2.24) is 19.9 Å². The molecule has 3 heterocycles. The molecule has 0 aromatic carbocycles. The van der Waals surface area contributed by atoms with Gasteiger partial charge in [-0.25, -0.2) is 9.97 Å². The van der Waals surface area contributed by atoms with Gasteiger partial charge in [0.05, 0.1) is 33.8 Å². The van der Waals surface area contributed by atoms with Crippen molar-refractivity contribution >= 4 is 33.3 Å². The number of nitrogens with one attached hydrogen (secondary N) is 2. The van der Waals surface area contributed by atoms with Crippen LogP contribution in [0, 0.1) is 12.8 Å². The SMILES string of the molecule is Cc1nc(NC2CC2)nc(NC2C[C@H](CO)[C@@H](O)[C@H]2O)c1-c1nc2c(C3CC3)nccc2s1. The second kappa shape index (κ2) is 8.12. The van der Waals surface area contributed by atoms with Crippen molar-refractivity contribution in [3.63, 3.8) is 0 Å². The number of fused-ring (bicyclic) bond motifs is 1. The van der Waals surface area contributed by atoms with Gasteiger partial charge in [0.25, 0.3) is 0 Å². The van der Waals surface area contributed by atoms with E-state index in [0.29, 0.717) is 30.1 Å². The fraction of sp³-hybridized carbons (Fsp3) is 0.565. The van der Waals surface area contributed by atoms with E-state index in [1.165, 1.54) is 0 Å². The van der Waals surface area contributed by atoms with Crippen molar-refractivity contribution in [2.75, 3.05) is 17.2 Å².